The second kappa shape index (κ2) is 5.82. The number of ketones is 1. The monoisotopic (exact) mass is 363 g/mol. The van der Waals surface area contributed by atoms with E-state index in [1.165, 1.54) is 0 Å². The molecule has 0 bridgehead atoms. The Morgan fingerprint density at radius 1 is 1.26 bits per heavy atom. The van der Waals surface area contributed by atoms with Gasteiger partial charge >= 0.3 is 0 Å². The van der Waals surface area contributed by atoms with Gasteiger partial charge in [-0.3, -0.25) is 4.79 Å². The summed E-state index contributed by atoms with van der Waals surface area (Å²) >= 11 is 0. The molecule has 1 saturated heterocycles. The maximum Gasteiger partial charge on any atom is 0.204 e. The molecule has 0 aliphatic carbocycles. The Hall–Kier alpha value is -2.86. The number of fused-ring (bicyclic) bond motifs is 3. The highest BCUT2D eigenvalue weighted by Gasteiger charge is 2.54. The van der Waals surface area contributed by atoms with Crippen molar-refractivity contribution in [1.29, 1.82) is 0 Å². The van der Waals surface area contributed by atoms with Gasteiger partial charge in [0, 0.05) is 43.9 Å². The molecule has 1 N–H and O–H groups in total. The topological polar surface area (TPSA) is 63.2 Å². The number of methoxy groups -OCH3 is 1. The van der Waals surface area contributed by atoms with E-state index in [1.54, 1.807) is 7.11 Å². The lowest BCUT2D eigenvalue weighted by atomic mass is 9.86. The van der Waals surface area contributed by atoms with E-state index in [1.807, 2.05) is 43.3 Å². The predicted molar refractivity (Wildman–Crippen MR) is 105 cm³/mol. The standard InChI is InChI=1S/C21H21N3O3/c1-13-3-5-16-15(11-13)19(25)21(26-2)7-9-24(20(21)23-16)14-4-6-17-18(12-14)27-10-8-22-17/h3-6,11-12,22H,7-10H2,1-2H3/t21-/m1/s1. The fourth-order valence-electron chi connectivity index (χ4n) is 4.16. The van der Waals surface area contributed by atoms with Crippen LogP contribution in [-0.2, 0) is 4.74 Å². The second-order valence-corrected chi connectivity index (χ2v) is 7.17. The maximum atomic E-state index is 13.3. The zero-order chi connectivity index (χ0) is 18.6. The van der Waals surface area contributed by atoms with Gasteiger partial charge < -0.3 is 19.7 Å². The van der Waals surface area contributed by atoms with Gasteiger partial charge in [-0.05, 0) is 31.2 Å². The van der Waals surface area contributed by atoms with Crippen molar-refractivity contribution in [3.05, 3.63) is 47.5 Å². The van der Waals surface area contributed by atoms with E-state index in [0.29, 0.717) is 36.7 Å². The molecule has 0 aromatic heterocycles. The summed E-state index contributed by atoms with van der Waals surface area (Å²) in [5.41, 5.74) is 3.32. The van der Waals surface area contributed by atoms with Gasteiger partial charge in [-0.25, -0.2) is 4.99 Å². The van der Waals surface area contributed by atoms with Crippen molar-refractivity contribution in [3.63, 3.8) is 0 Å². The van der Waals surface area contributed by atoms with Gasteiger partial charge in [0.15, 0.2) is 5.60 Å². The number of carbonyl (C=O) groups excluding carboxylic acids is 1. The number of nitrogens with one attached hydrogen (secondary N) is 1. The highest BCUT2D eigenvalue weighted by Crippen LogP contribution is 2.43. The summed E-state index contributed by atoms with van der Waals surface area (Å²) < 4.78 is 11.6. The van der Waals surface area contributed by atoms with Crippen molar-refractivity contribution in [2.45, 2.75) is 18.9 Å². The Morgan fingerprint density at radius 2 is 2.15 bits per heavy atom. The average molecular weight is 363 g/mol. The number of hydrogen-bond acceptors (Lipinski definition) is 6. The smallest absolute Gasteiger partial charge is 0.204 e. The molecular formula is C21H21N3O3. The molecule has 138 valence electrons. The molecule has 27 heavy (non-hydrogen) atoms. The molecule has 0 amide bonds. The summed E-state index contributed by atoms with van der Waals surface area (Å²) in [6.45, 7) is 4.09. The van der Waals surface area contributed by atoms with Crippen LogP contribution in [0.2, 0.25) is 0 Å². The number of rotatable bonds is 2. The largest absolute Gasteiger partial charge is 0.490 e. The fraction of sp³-hybridized carbons (Fsp3) is 0.333. The summed E-state index contributed by atoms with van der Waals surface area (Å²) in [5.74, 6) is 1.48. The number of aryl methyl sites for hydroxylation is 1. The molecule has 2 aromatic rings. The summed E-state index contributed by atoms with van der Waals surface area (Å²) in [6, 6.07) is 11.8. The van der Waals surface area contributed by atoms with E-state index in [9.17, 15) is 4.79 Å². The SMILES string of the molecule is CO[C@@]12CCN(c3ccc4c(c3)OCCN4)C1=Nc1ccc(C)cc1C2=O. The first kappa shape index (κ1) is 16.3. The van der Waals surface area contributed by atoms with Crippen molar-refractivity contribution in [2.24, 2.45) is 4.99 Å². The molecule has 6 nitrogen and oxygen atoms in total. The molecule has 3 heterocycles. The number of Topliss-reactive ketones (excluding diaryl/α,β-unsaturated/α-hetero) is 1. The zero-order valence-electron chi connectivity index (χ0n) is 15.4. The molecule has 6 heteroatoms. The minimum atomic E-state index is -1.02. The molecule has 0 spiro atoms. The Labute approximate surface area is 157 Å². The van der Waals surface area contributed by atoms with Gasteiger partial charge in [0.2, 0.25) is 5.78 Å². The highest BCUT2D eigenvalue weighted by molar-refractivity contribution is 6.28. The number of carbonyl (C=O) groups is 1. The Kier molecular flexibility index (Phi) is 3.52. The van der Waals surface area contributed by atoms with Gasteiger partial charge in [0.25, 0.3) is 0 Å². The summed E-state index contributed by atoms with van der Waals surface area (Å²) in [5, 5.41) is 3.33. The molecule has 1 atom stereocenters. The molecule has 0 saturated carbocycles. The van der Waals surface area contributed by atoms with Crippen LogP contribution in [0.3, 0.4) is 0 Å². The first-order valence-electron chi connectivity index (χ1n) is 9.20. The minimum absolute atomic E-state index is 0.00734. The van der Waals surface area contributed by atoms with Crippen LogP contribution in [0.4, 0.5) is 17.1 Å². The van der Waals surface area contributed by atoms with Gasteiger partial charge in [-0.2, -0.15) is 0 Å². The third-order valence-electron chi connectivity index (χ3n) is 5.59. The van der Waals surface area contributed by atoms with Crippen LogP contribution in [0.15, 0.2) is 41.4 Å². The van der Waals surface area contributed by atoms with Crippen molar-refractivity contribution in [3.8, 4) is 5.75 Å². The number of benzene rings is 2. The van der Waals surface area contributed by atoms with Crippen LogP contribution < -0.4 is 15.0 Å². The van der Waals surface area contributed by atoms with Gasteiger partial charge in [-0.1, -0.05) is 11.6 Å². The molecule has 3 aliphatic rings. The van der Waals surface area contributed by atoms with Crippen molar-refractivity contribution >= 4 is 28.7 Å². The summed E-state index contributed by atoms with van der Waals surface area (Å²) in [6.07, 6.45) is 0.574. The van der Waals surface area contributed by atoms with Crippen LogP contribution >= 0.6 is 0 Å². The second-order valence-electron chi connectivity index (χ2n) is 7.17. The Morgan fingerprint density at radius 3 is 3.00 bits per heavy atom. The molecule has 2 aromatic carbocycles. The summed E-state index contributed by atoms with van der Waals surface area (Å²) in [7, 11) is 1.59. The van der Waals surface area contributed by atoms with E-state index in [-0.39, 0.29) is 5.78 Å². The molecule has 0 unspecified atom stereocenters. The van der Waals surface area contributed by atoms with Crippen molar-refractivity contribution < 1.29 is 14.3 Å². The third kappa shape index (κ3) is 2.29. The molecule has 5 rings (SSSR count). The normalized spacial score (nSPS) is 23.0. The average Bonchev–Trinajstić information content (AvgIpc) is 3.08. The molecule has 0 radical (unpaired) electrons. The number of aliphatic imine (C=N–C) groups is 1. The number of nitrogens with zero attached hydrogens (tertiary/aromatic N) is 2. The van der Waals surface area contributed by atoms with Crippen LogP contribution in [0, 0.1) is 6.92 Å². The van der Waals surface area contributed by atoms with Gasteiger partial charge in [0.1, 0.15) is 18.2 Å². The lowest BCUT2D eigenvalue weighted by molar-refractivity contribution is 0.0388. The molecule has 3 aliphatic heterocycles. The van der Waals surface area contributed by atoms with Crippen LogP contribution in [0.1, 0.15) is 22.3 Å². The number of ether oxygens (including phenoxy) is 2. The minimum Gasteiger partial charge on any atom is -0.490 e. The molecule has 1 fully saturated rings. The lowest BCUT2D eigenvalue weighted by Crippen LogP contribution is -2.50. The quantitative estimate of drug-likeness (QED) is 0.887. The first-order valence-corrected chi connectivity index (χ1v) is 9.20. The van der Waals surface area contributed by atoms with Gasteiger partial charge in [0.05, 0.1) is 11.4 Å². The van der Waals surface area contributed by atoms with Crippen molar-refractivity contribution in [2.75, 3.05) is 37.0 Å². The van der Waals surface area contributed by atoms with Gasteiger partial charge in [-0.15, -0.1) is 0 Å². The maximum absolute atomic E-state index is 13.3. The molecular weight excluding hydrogens is 342 g/mol. The number of amidine groups is 1. The summed E-state index contributed by atoms with van der Waals surface area (Å²) in [4.78, 5) is 20.3. The number of hydrogen-bond donors (Lipinski definition) is 1. The Balaban J connectivity index is 1.62. The predicted octanol–water partition coefficient (Wildman–Crippen LogP) is 3.32. The van der Waals surface area contributed by atoms with E-state index < -0.39 is 5.60 Å². The fourth-order valence-corrected chi connectivity index (χ4v) is 4.16. The van der Waals surface area contributed by atoms with E-state index in [2.05, 4.69) is 10.2 Å². The van der Waals surface area contributed by atoms with Crippen LogP contribution in [-0.4, -0.2) is 44.0 Å². The van der Waals surface area contributed by atoms with Crippen LogP contribution in [0.5, 0.6) is 5.75 Å². The van der Waals surface area contributed by atoms with E-state index in [4.69, 9.17) is 14.5 Å². The van der Waals surface area contributed by atoms with E-state index in [0.717, 1.165) is 29.2 Å². The number of anilines is 2. The van der Waals surface area contributed by atoms with E-state index >= 15 is 0 Å². The van der Waals surface area contributed by atoms with Crippen LogP contribution in [0.25, 0.3) is 0 Å². The lowest BCUT2D eigenvalue weighted by Gasteiger charge is -2.33. The zero-order valence-corrected chi connectivity index (χ0v) is 15.4. The van der Waals surface area contributed by atoms with Crippen molar-refractivity contribution in [1.82, 2.24) is 0 Å². The highest BCUT2D eigenvalue weighted by atomic mass is 16.5. The first-order chi connectivity index (χ1) is 13.1. The third-order valence-corrected chi connectivity index (χ3v) is 5.59. The Bertz CT molecular complexity index is 985.